The molecule has 0 bridgehead atoms. The Morgan fingerprint density at radius 1 is 1.03 bits per heavy atom. The number of hydrogen-bond donors (Lipinski definition) is 0. The van der Waals surface area contributed by atoms with Gasteiger partial charge in [-0.05, 0) is 60.5 Å². The molecule has 3 heterocycles. The lowest BCUT2D eigenvalue weighted by Crippen LogP contribution is -2.35. The summed E-state index contributed by atoms with van der Waals surface area (Å²) in [6, 6.07) is 23.8. The van der Waals surface area contributed by atoms with Crippen LogP contribution < -0.4 is 0 Å². The Hall–Kier alpha value is -1.95. The van der Waals surface area contributed by atoms with Crippen LogP contribution in [0.3, 0.4) is 0 Å². The van der Waals surface area contributed by atoms with Crippen molar-refractivity contribution >= 4 is 40.3 Å². The van der Waals surface area contributed by atoms with Gasteiger partial charge in [-0.25, -0.2) is 0 Å². The lowest BCUT2D eigenvalue weighted by molar-refractivity contribution is 0.255. The molecule has 1 fully saturated rings. The Kier molecular flexibility index (Phi) is 5.77. The number of fused-ring (bicyclic) bond motifs is 1. The summed E-state index contributed by atoms with van der Waals surface area (Å²) in [5.74, 6) is 1.12. The van der Waals surface area contributed by atoms with E-state index in [2.05, 4.69) is 65.3 Å². The molecule has 3 atom stereocenters. The molecule has 0 radical (unpaired) electrons. The number of nitrogens with zero attached hydrogens (tertiary/aromatic N) is 3. The normalized spacial score (nSPS) is 22.8. The second-order valence-corrected chi connectivity index (χ2v) is 10.0. The van der Waals surface area contributed by atoms with Crippen LogP contribution in [0.5, 0.6) is 0 Å². The van der Waals surface area contributed by atoms with Crippen molar-refractivity contribution in [3.05, 3.63) is 89.2 Å². The standard InChI is InChI=1S/C24H22ClN3S2/c1-2-18-15-29-24-27-22(21-5-3-4-14-26-21)23(28(18)24)16-6-10-19(11-7-16)30-20-12-8-17(25)9-13-20/h3-14,18,22-23H,2,15H2,1H3/t18-,22+,23+/m1/s1. The molecule has 1 saturated heterocycles. The molecule has 152 valence electrons. The highest BCUT2D eigenvalue weighted by molar-refractivity contribution is 8.14. The van der Waals surface area contributed by atoms with Crippen LogP contribution in [0.4, 0.5) is 0 Å². The van der Waals surface area contributed by atoms with Crippen LogP contribution in [0.25, 0.3) is 0 Å². The highest BCUT2D eigenvalue weighted by atomic mass is 35.5. The van der Waals surface area contributed by atoms with Crippen LogP contribution in [0.2, 0.25) is 5.02 Å². The van der Waals surface area contributed by atoms with Gasteiger partial charge in [0.2, 0.25) is 0 Å². The molecule has 3 nitrogen and oxygen atoms in total. The summed E-state index contributed by atoms with van der Waals surface area (Å²) >= 11 is 9.64. The van der Waals surface area contributed by atoms with E-state index < -0.39 is 0 Å². The predicted octanol–water partition coefficient (Wildman–Crippen LogP) is 6.87. The van der Waals surface area contributed by atoms with Crippen molar-refractivity contribution < 1.29 is 0 Å². The first-order valence-electron chi connectivity index (χ1n) is 10.2. The van der Waals surface area contributed by atoms with Gasteiger partial charge in [0.1, 0.15) is 6.04 Å². The monoisotopic (exact) mass is 451 g/mol. The first-order valence-corrected chi connectivity index (χ1v) is 12.3. The molecule has 30 heavy (non-hydrogen) atoms. The SMILES string of the molecule is CC[C@@H]1CSC2=N[C@@H](c3ccccn3)[C@H](c3ccc(Sc4ccc(Cl)cc4)cc3)N21. The summed E-state index contributed by atoms with van der Waals surface area (Å²) in [7, 11) is 0. The van der Waals surface area contributed by atoms with Crippen LogP contribution >= 0.6 is 35.1 Å². The van der Waals surface area contributed by atoms with E-state index in [0.29, 0.717) is 6.04 Å². The quantitative estimate of drug-likeness (QED) is 0.423. The molecule has 1 aromatic heterocycles. The number of hydrogen-bond acceptors (Lipinski definition) is 5. The molecule has 3 aromatic rings. The molecule has 5 rings (SSSR count). The van der Waals surface area contributed by atoms with E-state index in [1.807, 2.05) is 36.2 Å². The zero-order valence-electron chi connectivity index (χ0n) is 16.6. The summed E-state index contributed by atoms with van der Waals surface area (Å²) < 4.78 is 0. The predicted molar refractivity (Wildman–Crippen MR) is 128 cm³/mol. The maximum Gasteiger partial charge on any atom is 0.160 e. The topological polar surface area (TPSA) is 28.5 Å². The van der Waals surface area contributed by atoms with Crippen LogP contribution in [-0.2, 0) is 0 Å². The minimum absolute atomic E-state index is 0.0396. The van der Waals surface area contributed by atoms with Crippen molar-refractivity contribution in [1.82, 2.24) is 9.88 Å². The average Bonchev–Trinajstić information content (AvgIpc) is 3.36. The van der Waals surface area contributed by atoms with Gasteiger partial charge in [-0.3, -0.25) is 9.98 Å². The molecule has 0 unspecified atom stereocenters. The number of thioether (sulfide) groups is 1. The summed E-state index contributed by atoms with van der Waals surface area (Å²) in [6.45, 7) is 2.27. The van der Waals surface area contributed by atoms with E-state index in [1.54, 1.807) is 11.8 Å². The minimum atomic E-state index is 0.0396. The van der Waals surface area contributed by atoms with Crippen molar-refractivity contribution in [2.75, 3.05) is 5.75 Å². The van der Waals surface area contributed by atoms with Gasteiger partial charge in [0.15, 0.2) is 5.17 Å². The fourth-order valence-electron chi connectivity index (χ4n) is 4.08. The van der Waals surface area contributed by atoms with E-state index in [9.17, 15) is 0 Å². The number of amidine groups is 1. The lowest BCUT2D eigenvalue weighted by atomic mass is 9.95. The smallest absolute Gasteiger partial charge is 0.160 e. The summed E-state index contributed by atoms with van der Waals surface area (Å²) in [4.78, 5) is 14.7. The van der Waals surface area contributed by atoms with Gasteiger partial charge in [0.05, 0.1) is 11.7 Å². The molecule has 0 spiro atoms. The molecule has 0 amide bonds. The molecule has 0 saturated carbocycles. The minimum Gasteiger partial charge on any atom is -0.338 e. The largest absolute Gasteiger partial charge is 0.338 e. The number of rotatable bonds is 5. The number of halogens is 1. The highest BCUT2D eigenvalue weighted by Gasteiger charge is 2.45. The van der Waals surface area contributed by atoms with Crippen molar-refractivity contribution in [3.63, 3.8) is 0 Å². The van der Waals surface area contributed by atoms with Crippen molar-refractivity contribution in [1.29, 1.82) is 0 Å². The summed E-state index contributed by atoms with van der Waals surface area (Å²) in [6.07, 6.45) is 2.99. The van der Waals surface area contributed by atoms with Gasteiger partial charge in [-0.15, -0.1) is 0 Å². The van der Waals surface area contributed by atoms with Gasteiger partial charge in [-0.1, -0.05) is 60.2 Å². The van der Waals surface area contributed by atoms with E-state index in [-0.39, 0.29) is 12.1 Å². The molecule has 0 aliphatic carbocycles. The van der Waals surface area contributed by atoms with Crippen molar-refractivity contribution in [2.45, 2.75) is 41.3 Å². The van der Waals surface area contributed by atoms with E-state index in [0.717, 1.165) is 22.9 Å². The average molecular weight is 452 g/mol. The molecule has 0 N–H and O–H groups in total. The Morgan fingerprint density at radius 3 is 2.43 bits per heavy atom. The van der Waals surface area contributed by atoms with Gasteiger partial charge >= 0.3 is 0 Å². The van der Waals surface area contributed by atoms with Crippen molar-refractivity contribution in [3.8, 4) is 0 Å². The molecule has 2 aliphatic rings. The zero-order valence-corrected chi connectivity index (χ0v) is 19.0. The first kappa shape index (κ1) is 20.0. The number of pyridine rings is 1. The third-order valence-electron chi connectivity index (χ3n) is 5.60. The maximum absolute atomic E-state index is 6.01. The van der Waals surface area contributed by atoms with Crippen molar-refractivity contribution in [2.24, 2.45) is 4.99 Å². The number of aromatic nitrogens is 1. The second kappa shape index (κ2) is 8.66. The molecule has 2 aromatic carbocycles. The Balaban J connectivity index is 1.44. The molecule has 2 aliphatic heterocycles. The van der Waals surface area contributed by atoms with Gasteiger partial charge in [-0.2, -0.15) is 0 Å². The van der Waals surface area contributed by atoms with E-state index in [4.69, 9.17) is 16.6 Å². The number of benzene rings is 2. The Morgan fingerprint density at radius 2 is 1.77 bits per heavy atom. The fourth-order valence-corrected chi connectivity index (χ4v) is 6.36. The molecule has 6 heteroatoms. The second-order valence-electron chi connectivity index (χ2n) is 7.46. The third-order valence-corrected chi connectivity index (χ3v) is 7.99. The van der Waals surface area contributed by atoms with Crippen LogP contribution in [0.15, 0.2) is 87.7 Å². The molecular formula is C24H22ClN3S2. The highest BCUT2D eigenvalue weighted by Crippen LogP contribution is 2.48. The van der Waals surface area contributed by atoms with Crippen LogP contribution in [0.1, 0.15) is 36.7 Å². The van der Waals surface area contributed by atoms with E-state index >= 15 is 0 Å². The molecular weight excluding hydrogens is 430 g/mol. The van der Waals surface area contributed by atoms with Crippen LogP contribution in [-0.4, -0.2) is 26.8 Å². The van der Waals surface area contributed by atoms with Gasteiger partial charge < -0.3 is 4.90 Å². The fraction of sp³-hybridized carbons (Fsp3) is 0.250. The summed E-state index contributed by atoms with van der Waals surface area (Å²) in [5, 5.41) is 1.93. The van der Waals surface area contributed by atoms with Gasteiger partial charge in [0.25, 0.3) is 0 Å². The first-order chi connectivity index (χ1) is 14.7. The number of aliphatic imine (C=N–C) groups is 1. The summed E-state index contributed by atoms with van der Waals surface area (Å²) in [5.41, 5.74) is 2.34. The lowest BCUT2D eigenvalue weighted by Gasteiger charge is -2.32. The van der Waals surface area contributed by atoms with Crippen LogP contribution in [0, 0.1) is 0 Å². The Bertz CT molecular complexity index is 1040. The zero-order chi connectivity index (χ0) is 20.5. The Labute approximate surface area is 191 Å². The maximum atomic E-state index is 6.01. The van der Waals surface area contributed by atoms with Gasteiger partial charge in [0, 0.05) is 32.8 Å². The third kappa shape index (κ3) is 3.86. The van der Waals surface area contributed by atoms with E-state index in [1.165, 1.54) is 20.5 Å².